The van der Waals surface area contributed by atoms with Crippen molar-refractivity contribution in [2.24, 2.45) is 0 Å². The van der Waals surface area contributed by atoms with Gasteiger partial charge in [0.15, 0.2) is 0 Å². The molecule has 0 heterocycles. The van der Waals surface area contributed by atoms with Gasteiger partial charge in [0.05, 0.1) is 6.07 Å². The molecule has 1 rings (SSSR count). The van der Waals surface area contributed by atoms with E-state index in [-0.39, 0.29) is 56.9 Å². The zero-order valence-corrected chi connectivity index (χ0v) is 11.0. The summed E-state index contributed by atoms with van der Waals surface area (Å²) in [5, 5.41) is 8.47. The van der Waals surface area contributed by atoms with E-state index in [1.165, 1.54) is 18.2 Å². The van der Waals surface area contributed by atoms with E-state index in [4.69, 9.17) is 5.26 Å². The summed E-state index contributed by atoms with van der Waals surface area (Å²) in [7, 11) is 0. The van der Waals surface area contributed by atoms with Crippen molar-refractivity contribution in [3.63, 3.8) is 0 Å². The van der Waals surface area contributed by atoms with Crippen LogP contribution in [0.3, 0.4) is 0 Å². The zero-order valence-electron chi connectivity index (χ0n) is 7.89. The van der Waals surface area contributed by atoms with Gasteiger partial charge in [-0.1, -0.05) is 23.2 Å². The van der Waals surface area contributed by atoms with Gasteiger partial charge in [-0.05, 0) is 13.0 Å². The SMILES string of the molecule is Cc1ccc([B-](F)(F)F)c(C#N)c1.[K+]. The topological polar surface area (TPSA) is 23.8 Å². The molecular formula is C8H6BF3KN. The first-order valence-electron chi connectivity index (χ1n) is 3.65. The summed E-state index contributed by atoms with van der Waals surface area (Å²) in [6.45, 7) is -3.43. The summed E-state index contributed by atoms with van der Waals surface area (Å²) in [4.78, 5) is 0. The maximum atomic E-state index is 12.3. The predicted octanol–water partition coefficient (Wildman–Crippen LogP) is -1.07. The van der Waals surface area contributed by atoms with Crippen molar-refractivity contribution in [1.82, 2.24) is 0 Å². The minimum atomic E-state index is -5.08. The first-order chi connectivity index (χ1) is 5.95. The van der Waals surface area contributed by atoms with Crippen LogP contribution in [0.5, 0.6) is 0 Å². The Bertz CT molecular complexity index is 370. The first-order valence-corrected chi connectivity index (χ1v) is 3.65. The number of rotatable bonds is 1. The fraction of sp³-hybridized carbons (Fsp3) is 0.125. The van der Waals surface area contributed by atoms with E-state index >= 15 is 0 Å². The average Bonchev–Trinajstić information content (AvgIpc) is 2.01. The summed E-state index contributed by atoms with van der Waals surface area (Å²) in [6.07, 6.45) is 0. The van der Waals surface area contributed by atoms with Crippen LogP contribution in [0, 0.1) is 18.3 Å². The molecule has 6 heteroatoms. The minimum Gasteiger partial charge on any atom is -0.445 e. The van der Waals surface area contributed by atoms with E-state index in [0.29, 0.717) is 5.56 Å². The summed E-state index contributed by atoms with van der Waals surface area (Å²) >= 11 is 0. The number of aryl methyl sites for hydroxylation is 1. The molecule has 0 spiro atoms. The molecule has 0 aromatic heterocycles. The first kappa shape index (κ1) is 14.2. The average molecular weight is 223 g/mol. The van der Waals surface area contributed by atoms with Crippen LogP contribution in [-0.2, 0) is 0 Å². The number of nitriles is 1. The number of hydrogen-bond acceptors (Lipinski definition) is 1. The molecule has 68 valence electrons. The van der Waals surface area contributed by atoms with Gasteiger partial charge in [0.1, 0.15) is 0 Å². The monoisotopic (exact) mass is 223 g/mol. The van der Waals surface area contributed by atoms with Crippen LogP contribution in [0.2, 0.25) is 0 Å². The Kier molecular flexibility index (Phi) is 5.41. The van der Waals surface area contributed by atoms with Gasteiger partial charge in [-0.3, -0.25) is 0 Å². The van der Waals surface area contributed by atoms with E-state index in [1.54, 1.807) is 6.92 Å². The van der Waals surface area contributed by atoms with Gasteiger partial charge >= 0.3 is 58.4 Å². The van der Waals surface area contributed by atoms with Crippen molar-refractivity contribution in [3.05, 3.63) is 29.3 Å². The van der Waals surface area contributed by atoms with Gasteiger partial charge in [-0.15, -0.1) is 0 Å². The molecule has 0 saturated heterocycles. The smallest absolute Gasteiger partial charge is 0.445 e. The Labute approximate surface area is 123 Å². The molecule has 0 aliphatic rings. The van der Waals surface area contributed by atoms with Crippen molar-refractivity contribution in [1.29, 1.82) is 5.26 Å². The molecule has 0 fully saturated rings. The molecular weight excluding hydrogens is 217 g/mol. The fourth-order valence-electron chi connectivity index (χ4n) is 1.05. The van der Waals surface area contributed by atoms with Crippen LogP contribution in [0.15, 0.2) is 18.2 Å². The van der Waals surface area contributed by atoms with Crippen molar-refractivity contribution in [2.45, 2.75) is 6.92 Å². The van der Waals surface area contributed by atoms with E-state index in [1.807, 2.05) is 0 Å². The van der Waals surface area contributed by atoms with Crippen LogP contribution >= 0.6 is 0 Å². The van der Waals surface area contributed by atoms with Crippen molar-refractivity contribution in [2.75, 3.05) is 0 Å². The molecule has 0 radical (unpaired) electrons. The van der Waals surface area contributed by atoms with Gasteiger partial charge < -0.3 is 12.9 Å². The Morgan fingerprint density at radius 3 is 2.29 bits per heavy atom. The maximum absolute atomic E-state index is 12.3. The maximum Gasteiger partial charge on any atom is 1.00 e. The zero-order chi connectivity index (χ0) is 10.1. The molecule has 1 aromatic rings. The molecule has 14 heavy (non-hydrogen) atoms. The Balaban J connectivity index is 0.00000169. The van der Waals surface area contributed by atoms with E-state index in [2.05, 4.69) is 0 Å². The molecule has 0 N–H and O–H groups in total. The second-order valence-electron chi connectivity index (χ2n) is 2.78. The van der Waals surface area contributed by atoms with Gasteiger partial charge in [-0.25, -0.2) is 0 Å². The number of benzene rings is 1. The van der Waals surface area contributed by atoms with Crippen molar-refractivity contribution in [3.8, 4) is 6.07 Å². The quantitative estimate of drug-likeness (QED) is 0.556. The van der Waals surface area contributed by atoms with Crippen LogP contribution in [0.1, 0.15) is 11.1 Å². The predicted molar refractivity (Wildman–Crippen MR) is 44.6 cm³/mol. The van der Waals surface area contributed by atoms with E-state index in [9.17, 15) is 12.9 Å². The van der Waals surface area contributed by atoms with Crippen LogP contribution in [0.25, 0.3) is 0 Å². The van der Waals surface area contributed by atoms with E-state index in [0.717, 1.165) is 6.07 Å². The molecule has 0 atom stereocenters. The van der Waals surface area contributed by atoms with Gasteiger partial charge in [0.2, 0.25) is 0 Å². The van der Waals surface area contributed by atoms with Crippen LogP contribution in [-0.4, -0.2) is 6.98 Å². The summed E-state index contributed by atoms with van der Waals surface area (Å²) in [5.41, 5.74) is -0.457. The Morgan fingerprint density at radius 2 is 1.86 bits per heavy atom. The third-order valence-electron chi connectivity index (χ3n) is 1.68. The van der Waals surface area contributed by atoms with Crippen LogP contribution < -0.4 is 56.8 Å². The molecule has 0 unspecified atom stereocenters. The normalized spacial score (nSPS) is 10.2. The molecule has 0 aliphatic heterocycles. The largest absolute Gasteiger partial charge is 1.00 e. The number of hydrogen-bond donors (Lipinski definition) is 0. The minimum absolute atomic E-state index is 0. The Morgan fingerprint density at radius 1 is 1.29 bits per heavy atom. The third-order valence-corrected chi connectivity index (χ3v) is 1.68. The van der Waals surface area contributed by atoms with E-state index < -0.39 is 12.4 Å². The molecule has 0 aliphatic carbocycles. The third kappa shape index (κ3) is 3.41. The molecule has 0 amide bonds. The molecule has 1 nitrogen and oxygen atoms in total. The van der Waals surface area contributed by atoms with Crippen LogP contribution in [0.4, 0.5) is 12.9 Å². The number of nitrogens with zero attached hydrogens (tertiary/aromatic N) is 1. The molecule has 1 aromatic carbocycles. The summed E-state index contributed by atoms with van der Waals surface area (Å²) in [5.74, 6) is 0. The second-order valence-corrected chi connectivity index (χ2v) is 2.78. The van der Waals surface area contributed by atoms with Gasteiger partial charge in [-0.2, -0.15) is 5.26 Å². The molecule has 0 bridgehead atoms. The van der Waals surface area contributed by atoms with Gasteiger partial charge in [0, 0.05) is 5.56 Å². The fourth-order valence-corrected chi connectivity index (χ4v) is 1.05. The summed E-state index contributed by atoms with van der Waals surface area (Å²) < 4.78 is 36.8. The Hall–Kier alpha value is 0.201. The standard InChI is InChI=1S/C8H6BF3N.K/c1-6-2-3-8(9(10,11)12)7(4-6)5-13;/h2-4H,1H3;/q-1;+1. The summed E-state index contributed by atoms with van der Waals surface area (Å²) in [6, 6.07) is 5.08. The molecule has 0 saturated carbocycles. The second kappa shape index (κ2) is 5.33. The number of halogens is 3. The van der Waals surface area contributed by atoms with Crippen molar-refractivity contribution >= 4 is 12.4 Å². The van der Waals surface area contributed by atoms with Crippen molar-refractivity contribution < 1.29 is 64.3 Å². The van der Waals surface area contributed by atoms with Gasteiger partial charge in [0.25, 0.3) is 0 Å².